The molecular weight excluding hydrogens is 426 g/mol. The van der Waals surface area contributed by atoms with E-state index in [0.29, 0.717) is 16.1 Å². The van der Waals surface area contributed by atoms with Gasteiger partial charge in [0.2, 0.25) is 0 Å². The van der Waals surface area contributed by atoms with Gasteiger partial charge in [0.25, 0.3) is 5.91 Å². The van der Waals surface area contributed by atoms with Crippen LogP contribution in [0.3, 0.4) is 0 Å². The number of rotatable bonds is 4. The smallest absolute Gasteiger partial charge is 0.321 e. The van der Waals surface area contributed by atoms with E-state index < -0.39 is 12.6 Å². The minimum atomic E-state index is -4.15. The summed E-state index contributed by atoms with van der Waals surface area (Å²) in [5.41, 5.74) is 2.22. The number of aryl methyl sites for hydroxylation is 2. The van der Waals surface area contributed by atoms with Crippen LogP contribution in [0.25, 0.3) is 0 Å². The summed E-state index contributed by atoms with van der Waals surface area (Å²) in [6.07, 6.45) is -5.05. The molecule has 1 N–H and O–H groups in total. The van der Waals surface area contributed by atoms with Crippen molar-refractivity contribution in [1.82, 2.24) is 0 Å². The SMILES string of the molecule is Cc1csc(C(=O)Nc2ccc(CCC(F)(F)F)cc2)c1I. The van der Waals surface area contributed by atoms with Gasteiger partial charge in [-0.2, -0.15) is 13.2 Å². The van der Waals surface area contributed by atoms with Gasteiger partial charge in [-0.1, -0.05) is 12.1 Å². The van der Waals surface area contributed by atoms with Crippen molar-refractivity contribution in [3.8, 4) is 0 Å². The summed E-state index contributed by atoms with van der Waals surface area (Å²) in [4.78, 5) is 12.8. The zero-order valence-corrected chi connectivity index (χ0v) is 14.6. The summed E-state index contributed by atoms with van der Waals surface area (Å²) in [5.74, 6) is -0.203. The standard InChI is InChI=1S/C15H13F3INOS/c1-9-8-22-13(12(9)19)14(21)20-11-4-2-10(3-5-11)6-7-15(16,17)18/h2-5,8H,6-7H2,1H3,(H,20,21). The highest BCUT2D eigenvalue weighted by Gasteiger charge is 2.26. The van der Waals surface area contributed by atoms with Crippen LogP contribution in [0.4, 0.5) is 18.9 Å². The first-order valence-corrected chi connectivity index (χ1v) is 8.43. The van der Waals surface area contributed by atoms with Crippen molar-refractivity contribution < 1.29 is 18.0 Å². The molecule has 2 aromatic rings. The summed E-state index contributed by atoms with van der Waals surface area (Å²) in [5, 5.41) is 4.67. The monoisotopic (exact) mass is 439 g/mol. The van der Waals surface area contributed by atoms with E-state index in [0.717, 1.165) is 9.13 Å². The first-order chi connectivity index (χ1) is 10.3. The normalized spacial score (nSPS) is 11.5. The molecule has 0 fully saturated rings. The summed E-state index contributed by atoms with van der Waals surface area (Å²) >= 11 is 3.50. The molecule has 22 heavy (non-hydrogen) atoms. The Bertz CT molecular complexity index is 664. The third-order valence-corrected chi connectivity index (χ3v) is 5.87. The Kier molecular flexibility index (Phi) is 5.49. The molecule has 0 aliphatic rings. The average molecular weight is 439 g/mol. The number of hydrogen-bond donors (Lipinski definition) is 1. The van der Waals surface area contributed by atoms with E-state index in [9.17, 15) is 18.0 Å². The first-order valence-electron chi connectivity index (χ1n) is 6.47. The zero-order chi connectivity index (χ0) is 16.3. The highest BCUT2D eigenvalue weighted by molar-refractivity contribution is 14.1. The Morgan fingerprint density at radius 1 is 1.27 bits per heavy atom. The molecule has 0 atom stereocenters. The summed E-state index contributed by atoms with van der Waals surface area (Å²) < 4.78 is 37.4. The van der Waals surface area contributed by atoms with Crippen LogP contribution in [0.15, 0.2) is 29.6 Å². The van der Waals surface area contributed by atoms with Crippen LogP contribution in [-0.4, -0.2) is 12.1 Å². The molecule has 7 heteroatoms. The quantitative estimate of drug-likeness (QED) is 0.635. The number of nitrogens with one attached hydrogen (secondary N) is 1. The predicted octanol–water partition coefficient (Wildman–Crippen LogP) is 5.41. The van der Waals surface area contributed by atoms with Gasteiger partial charge < -0.3 is 5.32 Å². The molecule has 1 aromatic carbocycles. The highest BCUT2D eigenvalue weighted by atomic mass is 127. The number of carbonyl (C=O) groups is 1. The number of benzene rings is 1. The van der Waals surface area contributed by atoms with Crippen LogP contribution in [0.1, 0.15) is 27.2 Å². The summed E-state index contributed by atoms with van der Waals surface area (Å²) in [6.45, 7) is 1.94. The lowest BCUT2D eigenvalue weighted by atomic mass is 10.1. The van der Waals surface area contributed by atoms with Crippen molar-refractivity contribution in [2.24, 2.45) is 0 Å². The molecule has 0 saturated carbocycles. The van der Waals surface area contributed by atoms with Crippen molar-refractivity contribution in [2.45, 2.75) is 25.9 Å². The van der Waals surface area contributed by atoms with Crippen molar-refractivity contribution in [1.29, 1.82) is 0 Å². The second-order valence-electron chi connectivity index (χ2n) is 4.83. The Morgan fingerprint density at radius 3 is 2.41 bits per heavy atom. The van der Waals surface area contributed by atoms with E-state index in [1.807, 2.05) is 12.3 Å². The van der Waals surface area contributed by atoms with Crippen molar-refractivity contribution in [3.05, 3.63) is 49.2 Å². The Labute approximate surface area is 143 Å². The van der Waals surface area contributed by atoms with Crippen LogP contribution in [-0.2, 0) is 6.42 Å². The molecular formula is C15H13F3INOS. The molecule has 0 saturated heterocycles. The molecule has 0 spiro atoms. The van der Waals surface area contributed by atoms with Crippen molar-refractivity contribution in [2.75, 3.05) is 5.32 Å². The lowest BCUT2D eigenvalue weighted by Crippen LogP contribution is -2.11. The number of anilines is 1. The fraction of sp³-hybridized carbons (Fsp3) is 0.267. The summed E-state index contributed by atoms with van der Waals surface area (Å²) in [7, 11) is 0. The van der Waals surface area contributed by atoms with Gasteiger partial charge in [-0.25, -0.2) is 0 Å². The minimum Gasteiger partial charge on any atom is -0.321 e. The number of amides is 1. The fourth-order valence-electron chi connectivity index (χ4n) is 1.81. The van der Waals surface area contributed by atoms with Gasteiger partial charge >= 0.3 is 6.18 Å². The highest BCUT2D eigenvalue weighted by Crippen LogP contribution is 2.25. The van der Waals surface area contributed by atoms with E-state index >= 15 is 0 Å². The van der Waals surface area contributed by atoms with Gasteiger partial charge in [-0.15, -0.1) is 11.3 Å². The van der Waals surface area contributed by atoms with Crippen LogP contribution in [0.2, 0.25) is 0 Å². The number of hydrogen-bond acceptors (Lipinski definition) is 2. The minimum absolute atomic E-state index is 0.0558. The molecule has 1 aromatic heterocycles. The molecule has 0 bridgehead atoms. The molecule has 2 rings (SSSR count). The van der Waals surface area contributed by atoms with E-state index in [1.54, 1.807) is 24.3 Å². The van der Waals surface area contributed by atoms with Crippen molar-refractivity contribution in [3.63, 3.8) is 0 Å². The van der Waals surface area contributed by atoms with Gasteiger partial charge in [-0.3, -0.25) is 4.79 Å². The van der Waals surface area contributed by atoms with Gasteiger partial charge in [0.05, 0.1) is 0 Å². The van der Waals surface area contributed by atoms with E-state index in [1.165, 1.54) is 11.3 Å². The van der Waals surface area contributed by atoms with Crippen LogP contribution in [0, 0.1) is 10.5 Å². The summed E-state index contributed by atoms with van der Waals surface area (Å²) in [6, 6.07) is 6.45. The Balaban J connectivity index is 1.99. The maximum atomic E-state index is 12.2. The molecule has 118 valence electrons. The van der Waals surface area contributed by atoms with Gasteiger partial charge in [-0.05, 0) is 64.6 Å². The molecule has 1 heterocycles. The lowest BCUT2D eigenvalue weighted by Gasteiger charge is -2.08. The maximum absolute atomic E-state index is 12.2. The van der Waals surface area contributed by atoms with Crippen molar-refractivity contribution >= 4 is 45.5 Å². The average Bonchev–Trinajstić information content (AvgIpc) is 2.77. The zero-order valence-electron chi connectivity index (χ0n) is 11.6. The number of alkyl halides is 3. The Morgan fingerprint density at radius 2 is 1.91 bits per heavy atom. The van der Waals surface area contributed by atoms with Gasteiger partial charge in [0.1, 0.15) is 4.88 Å². The number of halogens is 4. The topological polar surface area (TPSA) is 29.1 Å². The molecule has 1 amide bonds. The number of carbonyl (C=O) groups excluding carboxylic acids is 1. The van der Waals surface area contributed by atoms with Gasteiger partial charge in [0, 0.05) is 15.7 Å². The predicted molar refractivity (Wildman–Crippen MR) is 90.5 cm³/mol. The van der Waals surface area contributed by atoms with E-state index in [4.69, 9.17) is 0 Å². The van der Waals surface area contributed by atoms with Crippen LogP contribution >= 0.6 is 33.9 Å². The molecule has 0 unspecified atom stereocenters. The molecule has 0 aliphatic carbocycles. The molecule has 0 radical (unpaired) electrons. The van der Waals surface area contributed by atoms with Crippen LogP contribution < -0.4 is 5.32 Å². The Hall–Kier alpha value is -1.09. The largest absolute Gasteiger partial charge is 0.389 e. The van der Waals surface area contributed by atoms with Gasteiger partial charge in [0.15, 0.2) is 0 Å². The maximum Gasteiger partial charge on any atom is 0.389 e. The molecule has 2 nitrogen and oxygen atoms in total. The van der Waals surface area contributed by atoms with E-state index in [2.05, 4.69) is 27.9 Å². The lowest BCUT2D eigenvalue weighted by molar-refractivity contribution is -0.133. The second kappa shape index (κ2) is 6.99. The number of thiophene rings is 1. The van der Waals surface area contributed by atoms with Crippen LogP contribution in [0.5, 0.6) is 0 Å². The fourth-order valence-corrected chi connectivity index (χ4v) is 3.64. The van der Waals surface area contributed by atoms with E-state index in [-0.39, 0.29) is 12.3 Å². The molecule has 0 aliphatic heterocycles. The third kappa shape index (κ3) is 4.70. The third-order valence-electron chi connectivity index (χ3n) is 3.01. The second-order valence-corrected chi connectivity index (χ2v) is 6.79. The first kappa shape index (κ1) is 17.3.